The Kier molecular flexibility index (Phi) is 2.88. The standard InChI is InChI=1S/C9H15N3OS/c1-6-8(10)12-14-9(6)11-4-7-2-3-13-5-7/h7,11H,2-5H2,1H3,(H2,10,12). The van der Waals surface area contributed by atoms with Gasteiger partial charge in [-0.15, -0.1) is 0 Å². The minimum Gasteiger partial charge on any atom is -0.383 e. The van der Waals surface area contributed by atoms with Crippen LogP contribution in [0.2, 0.25) is 0 Å². The van der Waals surface area contributed by atoms with Crippen LogP contribution in [0.5, 0.6) is 0 Å². The number of aromatic nitrogens is 1. The van der Waals surface area contributed by atoms with E-state index in [1.807, 2.05) is 6.92 Å². The minimum absolute atomic E-state index is 0.637. The van der Waals surface area contributed by atoms with Crippen LogP contribution in [-0.2, 0) is 4.74 Å². The summed E-state index contributed by atoms with van der Waals surface area (Å²) in [5.74, 6) is 1.28. The van der Waals surface area contributed by atoms with Crippen molar-refractivity contribution in [2.24, 2.45) is 5.92 Å². The molecule has 2 rings (SSSR count). The van der Waals surface area contributed by atoms with Gasteiger partial charge in [0.05, 0.1) is 6.61 Å². The van der Waals surface area contributed by atoms with Crippen molar-refractivity contribution in [2.45, 2.75) is 13.3 Å². The van der Waals surface area contributed by atoms with Crippen LogP contribution in [0.1, 0.15) is 12.0 Å². The lowest BCUT2D eigenvalue weighted by Gasteiger charge is -2.08. The van der Waals surface area contributed by atoms with E-state index in [2.05, 4.69) is 9.69 Å². The van der Waals surface area contributed by atoms with Crippen molar-refractivity contribution in [3.63, 3.8) is 0 Å². The third-order valence-electron chi connectivity index (χ3n) is 2.54. The smallest absolute Gasteiger partial charge is 0.142 e. The second kappa shape index (κ2) is 4.14. The maximum Gasteiger partial charge on any atom is 0.142 e. The molecule has 1 unspecified atom stereocenters. The fourth-order valence-corrected chi connectivity index (χ4v) is 2.21. The maximum absolute atomic E-state index is 5.66. The van der Waals surface area contributed by atoms with Crippen LogP contribution in [0.4, 0.5) is 10.8 Å². The Balaban J connectivity index is 1.88. The van der Waals surface area contributed by atoms with Crippen LogP contribution in [0.25, 0.3) is 0 Å². The molecule has 3 N–H and O–H groups in total. The van der Waals surface area contributed by atoms with Crippen molar-refractivity contribution in [1.82, 2.24) is 4.37 Å². The summed E-state index contributed by atoms with van der Waals surface area (Å²) in [4.78, 5) is 0. The minimum atomic E-state index is 0.637. The van der Waals surface area contributed by atoms with E-state index in [4.69, 9.17) is 10.5 Å². The highest BCUT2D eigenvalue weighted by atomic mass is 32.1. The molecule has 5 heteroatoms. The Morgan fingerprint density at radius 3 is 3.14 bits per heavy atom. The van der Waals surface area contributed by atoms with Crippen molar-refractivity contribution in [2.75, 3.05) is 30.8 Å². The van der Waals surface area contributed by atoms with E-state index in [1.165, 1.54) is 11.5 Å². The van der Waals surface area contributed by atoms with Gasteiger partial charge >= 0.3 is 0 Å². The molecule has 1 aliphatic rings. The van der Waals surface area contributed by atoms with Gasteiger partial charge in [0.2, 0.25) is 0 Å². The number of hydrogen-bond acceptors (Lipinski definition) is 5. The van der Waals surface area contributed by atoms with Crippen LogP contribution in [0.3, 0.4) is 0 Å². The van der Waals surface area contributed by atoms with Gasteiger partial charge in [-0.25, -0.2) is 0 Å². The summed E-state index contributed by atoms with van der Waals surface area (Å²) in [5, 5.41) is 4.46. The molecule has 1 aromatic heterocycles. The molecule has 0 aromatic carbocycles. The fraction of sp³-hybridized carbons (Fsp3) is 0.667. The topological polar surface area (TPSA) is 60.2 Å². The summed E-state index contributed by atoms with van der Waals surface area (Å²) >= 11 is 1.43. The summed E-state index contributed by atoms with van der Waals surface area (Å²) in [7, 11) is 0. The Morgan fingerprint density at radius 2 is 2.57 bits per heavy atom. The molecule has 0 radical (unpaired) electrons. The lowest BCUT2D eigenvalue weighted by atomic mass is 10.1. The van der Waals surface area contributed by atoms with E-state index < -0.39 is 0 Å². The quantitative estimate of drug-likeness (QED) is 0.798. The Hall–Kier alpha value is -0.810. The number of ether oxygens (including phenoxy) is 1. The van der Waals surface area contributed by atoms with Gasteiger partial charge in [-0.05, 0) is 24.9 Å². The van der Waals surface area contributed by atoms with E-state index in [0.717, 1.165) is 36.7 Å². The molecule has 2 heterocycles. The van der Waals surface area contributed by atoms with E-state index in [0.29, 0.717) is 11.7 Å². The molecule has 0 amide bonds. The fourth-order valence-electron chi connectivity index (χ4n) is 1.49. The van der Waals surface area contributed by atoms with Crippen LogP contribution in [0.15, 0.2) is 0 Å². The SMILES string of the molecule is Cc1c(N)nsc1NCC1CCOC1. The molecular weight excluding hydrogens is 198 g/mol. The van der Waals surface area contributed by atoms with Crippen molar-refractivity contribution in [3.8, 4) is 0 Å². The third kappa shape index (κ3) is 1.99. The number of nitrogens with one attached hydrogen (secondary N) is 1. The Labute approximate surface area is 87.6 Å². The van der Waals surface area contributed by atoms with Crippen LogP contribution in [0, 0.1) is 12.8 Å². The lowest BCUT2D eigenvalue weighted by molar-refractivity contribution is 0.187. The zero-order valence-electron chi connectivity index (χ0n) is 8.25. The molecule has 4 nitrogen and oxygen atoms in total. The Morgan fingerprint density at radius 1 is 1.71 bits per heavy atom. The summed E-state index contributed by atoms with van der Waals surface area (Å²) in [6.07, 6.45) is 1.15. The van der Waals surface area contributed by atoms with Crippen LogP contribution in [-0.4, -0.2) is 24.1 Å². The zero-order chi connectivity index (χ0) is 9.97. The predicted octanol–water partition coefficient (Wildman–Crippen LogP) is 1.48. The first-order valence-corrected chi connectivity index (χ1v) is 5.58. The number of nitrogen functional groups attached to an aromatic ring is 1. The van der Waals surface area contributed by atoms with E-state index in [-0.39, 0.29) is 0 Å². The highest BCUT2D eigenvalue weighted by molar-refractivity contribution is 7.10. The van der Waals surface area contributed by atoms with Gasteiger partial charge in [0, 0.05) is 24.6 Å². The van der Waals surface area contributed by atoms with Crippen molar-refractivity contribution < 1.29 is 4.74 Å². The molecule has 0 bridgehead atoms. The normalized spacial score (nSPS) is 21.4. The van der Waals surface area contributed by atoms with E-state index in [9.17, 15) is 0 Å². The van der Waals surface area contributed by atoms with Gasteiger partial charge in [0.15, 0.2) is 0 Å². The molecule has 1 saturated heterocycles. The van der Waals surface area contributed by atoms with Gasteiger partial charge in [0.25, 0.3) is 0 Å². The molecule has 0 saturated carbocycles. The van der Waals surface area contributed by atoms with Crippen molar-refractivity contribution in [1.29, 1.82) is 0 Å². The zero-order valence-corrected chi connectivity index (χ0v) is 9.06. The largest absolute Gasteiger partial charge is 0.383 e. The summed E-state index contributed by atoms with van der Waals surface area (Å²) in [6, 6.07) is 0. The van der Waals surface area contributed by atoms with E-state index in [1.54, 1.807) is 0 Å². The monoisotopic (exact) mass is 213 g/mol. The van der Waals surface area contributed by atoms with Crippen LogP contribution >= 0.6 is 11.5 Å². The number of hydrogen-bond donors (Lipinski definition) is 2. The van der Waals surface area contributed by atoms with Gasteiger partial charge in [-0.3, -0.25) is 0 Å². The average molecular weight is 213 g/mol. The molecular formula is C9H15N3OS. The Bertz CT molecular complexity index is 307. The molecule has 1 atom stereocenters. The van der Waals surface area contributed by atoms with Crippen molar-refractivity contribution >= 4 is 22.4 Å². The molecule has 0 spiro atoms. The van der Waals surface area contributed by atoms with Crippen LogP contribution < -0.4 is 11.1 Å². The first-order chi connectivity index (χ1) is 6.77. The third-order valence-corrected chi connectivity index (χ3v) is 3.46. The molecule has 14 heavy (non-hydrogen) atoms. The summed E-state index contributed by atoms with van der Waals surface area (Å²) in [6.45, 7) is 4.73. The van der Waals surface area contributed by atoms with Crippen molar-refractivity contribution in [3.05, 3.63) is 5.56 Å². The maximum atomic E-state index is 5.66. The number of nitrogens with zero attached hydrogens (tertiary/aromatic N) is 1. The molecule has 0 aliphatic carbocycles. The van der Waals surface area contributed by atoms with Gasteiger partial charge in [-0.2, -0.15) is 4.37 Å². The first kappa shape index (κ1) is 9.73. The molecule has 1 aliphatic heterocycles. The second-order valence-corrected chi connectivity index (χ2v) is 4.41. The lowest BCUT2D eigenvalue weighted by Crippen LogP contribution is -2.13. The molecule has 1 aromatic rings. The number of anilines is 2. The summed E-state index contributed by atoms with van der Waals surface area (Å²) < 4.78 is 9.39. The van der Waals surface area contributed by atoms with Gasteiger partial charge < -0.3 is 15.8 Å². The number of nitrogens with two attached hydrogens (primary N) is 1. The molecule has 78 valence electrons. The van der Waals surface area contributed by atoms with Gasteiger partial charge in [-0.1, -0.05) is 0 Å². The molecule has 1 fully saturated rings. The first-order valence-electron chi connectivity index (χ1n) is 4.80. The number of rotatable bonds is 3. The summed E-state index contributed by atoms with van der Waals surface area (Å²) in [5.41, 5.74) is 6.72. The van der Waals surface area contributed by atoms with Gasteiger partial charge in [0.1, 0.15) is 10.8 Å². The second-order valence-electron chi connectivity index (χ2n) is 3.63. The highest BCUT2D eigenvalue weighted by Crippen LogP contribution is 2.26. The average Bonchev–Trinajstić information content (AvgIpc) is 2.77. The predicted molar refractivity (Wildman–Crippen MR) is 58.7 cm³/mol. The van der Waals surface area contributed by atoms with E-state index >= 15 is 0 Å². The highest BCUT2D eigenvalue weighted by Gasteiger charge is 2.16.